The van der Waals surface area contributed by atoms with Gasteiger partial charge in [0.15, 0.2) is 6.29 Å². The van der Waals surface area contributed by atoms with E-state index in [1.54, 1.807) is 12.1 Å². The second kappa shape index (κ2) is 5.44. The number of hydrogen-bond donors (Lipinski definition) is 1. The Balaban J connectivity index is 2.22. The lowest BCUT2D eigenvalue weighted by Gasteiger charge is -2.14. The van der Waals surface area contributed by atoms with Crippen molar-refractivity contribution in [3.05, 3.63) is 34.1 Å². The lowest BCUT2D eigenvalue weighted by Crippen LogP contribution is -2.18. The number of fused-ring (bicyclic) bond motifs is 1. The molecule has 0 saturated heterocycles. The maximum Gasteiger partial charge on any atom is 0.242 e. The number of aromatic nitrogens is 1. The molecule has 0 radical (unpaired) electrons. The molecule has 0 aliphatic heterocycles. The van der Waals surface area contributed by atoms with Crippen LogP contribution >= 0.6 is 23.2 Å². The van der Waals surface area contributed by atoms with Crippen molar-refractivity contribution in [2.45, 2.75) is 31.3 Å². The van der Waals surface area contributed by atoms with E-state index in [0.29, 0.717) is 27.4 Å². The largest absolute Gasteiger partial charge is 0.340 e. The molecule has 2 aromatic rings. The molecular weight excluding hydrogens is 311 g/mol. The summed E-state index contributed by atoms with van der Waals surface area (Å²) in [5.74, 6) is -0.552. The molecule has 6 heteroatoms. The van der Waals surface area contributed by atoms with Crippen molar-refractivity contribution in [1.29, 1.82) is 0 Å². The predicted molar refractivity (Wildman–Crippen MR) is 83.2 cm³/mol. The molecule has 2 unspecified atom stereocenters. The lowest BCUT2D eigenvalue weighted by atomic mass is 10.1. The first kappa shape index (κ1) is 14.6. The Hall–Kier alpha value is -1.36. The van der Waals surface area contributed by atoms with Crippen LogP contribution < -0.4 is 5.73 Å². The number of aldehydes is 1. The Morgan fingerprint density at radius 3 is 2.62 bits per heavy atom. The van der Waals surface area contributed by atoms with E-state index in [0.717, 1.165) is 24.6 Å². The van der Waals surface area contributed by atoms with Crippen LogP contribution in [-0.2, 0) is 4.79 Å². The Morgan fingerprint density at radius 2 is 2.00 bits per heavy atom. The molecule has 3 rings (SSSR count). The highest BCUT2D eigenvalue weighted by atomic mass is 35.5. The van der Waals surface area contributed by atoms with E-state index in [4.69, 9.17) is 28.9 Å². The minimum Gasteiger partial charge on any atom is -0.340 e. The third-order valence-electron chi connectivity index (χ3n) is 4.06. The molecule has 21 heavy (non-hydrogen) atoms. The van der Waals surface area contributed by atoms with Crippen LogP contribution in [0.1, 0.15) is 35.8 Å². The maximum atomic E-state index is 12.0. The zero-order valence-electron chi connectivity index (χ0n) is 11.2. The normalized spacial score (nSPS) is 21.9. The molecule has 0 bridgehead atoms. The fourth-order valence-corrected chi connectivity index (χ4v) is 3.41. The van der Waals surface area contributed by atoms with Crippen molar-refractivity contribution in [2.75, 3.05) is 0 Å². The first-order valence-corrected chi connectivity index (χ1v) is 7.51. The van der Waals surface area contributed by atoms with Gasteiger partial charge in [-0.15, -0.1) is 0 Å². The number of carbonyl (C=O) groups is 2. The van der Waals surface area contributed by atoms with Crippen molar-refractivity contribution in [3.63, 3.8) is 0 Å². The minimum atomic E-state index is -0.552. The van der Waals surface area contributed by atoms with E-state index < -0.39 is 5.78 Å². The number of benzene rings is 1. The molecule has 0 amide bonds. The fourth-order valence-electron chi connectivity index (χ4n) is 3.08. The molecule has 1 saturated carbocycles. The molecular formula is C15H14Cl2N2O2. The second-order valence-electron chi connectivity index (χ2n) is 5.45. The van der Waals surface area contributed by atoms with Gasteiger partial charge in [0, 0.05) is 29.1 Å². The van der Waals surface area contributed by atoms with Crippen molar-refractivity contribution in [1.82, 2.24) is 4.57 Å². The van der Waals surface area contributed by atoms with E-state index in [1.807, 2.05) is 10.8 Å². The molecule has 1 fully saturated rings. The van der Waals surface area contributed by atoms with Crippen LogP contribution in [0.15, 0.2) is 18.3 Å². The summed E-state index contributed by atoms with van der Waals surface area (Å²) in [5.41, 5.74) is 6.33. The standard InChI is InChI=1S/C15H14Cl2N2O2/c16-12-3-8-6-19(10-2-1-9(18)4-10)15(14(21)7-20)11(8)5-13(12)17/h3,5-7,9-10H,1-2,4,18H2. The molecule has 1 aliphatic carbocycles. The summed E-state index contributed by atoms with van der Waals surface area (Å²) in [7, 11) is 0. The number of Topliss-reactive ketones (excluding diaryl/α,β-unsaturated/α-hetero) is 1. The van der Waals surface area contributed by atoms with Crippen LogP contribution in [-0.4, -0.2) is 22.7 Å². The van der Waals surface area contributed by atoms with Crippen LogP contribution in [0.2, 0.25) is 10.0 Å². The molecule has 0 spiro atoms. The van der Waals surface area contributed by atoms with E-state index in [9.17, 15) is 9.59 Å². The van der Waals surface area contributed by atoms with E-state index in [1.165, 1.54) is 0 Å². The Labute approximate surface area is 131 Å². The average molecular weight is 325 g/mol. The second-order valence-corrected chi connectivity index (χ2v) is 6.26. The van der Waals surface area contributed by atoms with Crippen LogP contribution in [0.3, 0.4) is 0 Å². The number of ketones is 1. The number of rotatable bonds is 3. The fraction of sp³-hybridized carbons (Fsp3) is 0.333. The third kappa shape index (κ3) is 2.48. The molecule has 110 valence electrons. The van der Waals surface area contributed by atoms with Gasteiger partial charge in [0.2, 0.25) is 5.78 Å². The molecule has 4 nitrogen and oxygen atoms in total. The van der Waals surface area contributed by atoms with Crippen molar-refractivity contribution >= 4 is 46.0 Å². The van der Waals surface area contributed by atoms with Crippen LogP contribution in [0.4, 0.5) is 0 Å². The summed E-state index contributed by atoms with van der Waals surface area (Å²) in [6, 6.07) is 3.61. The average Bonchev–Trinajstić information content (AvgIpc) is 3.02. The van der Waals surface area contributed by atoms with Gasteiger partial charge >= 0.3 is 0 Å². The van der Waals surface area contributed by atoms with E-state index in [-0.39, 0.29) is 12.1 Å². The number of nitrogens with zero attached hydrogens (tertiary/aromatic N) is 1. The van der Waals surface area contributed by atoms with Gasteiger partial charge in [0.05, 0.1) is 10.0 Å². The van der Waals surface area contributed by atoms with Gasteiger partial charge in [-0.2, -0.15) is 0 Å². The van der Waals surface area contributed by atoms with Gasteiger partial charge in [-0.05, 0) is 31.4 Å². The monoisotopic (exact) mass is 324 g/mol. The Bertz CT molecular complexity index is 739. The number of hydrogen-bond acceptors (Lipinski definition) is 3. The molecule has 1 aromatic carbocycles. The predicted octanol–water partition coefficient (Wildman–Crippen LogP) is 3.38. The van der Waals surface area contributed by atoms with Crippen molar-refractivity contribution in [2.24, 2.45) is 5.73 Å². The van der Waals surface area contributed by atoms with Gasteiger partial charge in [-0.1, -0.05) is 23.2 Å². The smallest absolute Gasteiger partial charge is 0.242 e. The van der Waals surface area contributed by atoms with Crippen molar-refractivity contribution in [3.8, 4) is 0 Å². The first-order chi connectivity index (χ1) is 10.0. The number of halogens is 2. The summed E-state index contributed by atoms with van der Waals surface area (Å²) in [6.07, 6.45) is 4.79. The minimum absolute atomic E-state index is 0.129. The summed E-state index contributed by atoms with van der Waals surface area (Å²) < 4.78 is 1.86. The summed E-state index contributed by atoms with van der Waals surface area (Å²) in [6.45, 7) is 0. The highest BCUT2D eigenvalue weighted by Crippen LogP contribution is 2.36. The number of nitrogens with two attached hydrogens (primary N) is 1. The van der Waals surface area contributed by atoms with Gasteiger partial charge in [0.1, 0.15) is 5.69 Å². The topological polar surface area (TPSA) is 65.1 Å². The molecule has 2 N–H and O–H groups in total. The zero-order valence-corrected chi connectivity index (χ0v) is 12.7. The summed E-state index contributed by atoms with van der Waals surface area (Å²) in [4.78, 5) is 23.0. The van der Waals surface area contributed by atoms with Crippen molar-refractivity contribution < 1.29 is 9.59 Å². The molecule has 1 heterocycles. The van der Waals surface area contributed by atoms with Gasteiger partial charge in [-0.3, -0.25) is 9.59 Å². The van der Waals surface area contributed by atoms with Gasteiger partial charge in [0.25, 0.3) is 0 Å². The molecule has 1 aromatic heterocycles. The van der Waals surface area contributed by atoms with E-state index >= 15 is 0 Å². The Morgan fingerprint density at radius 1 is 1.29 bits per heavy atom. The number of carbonyl (C=O) groups excluding carboxylic acids is 2. The molecule has 2 atom stereocenters. The summed E-state index contributed by atoms with van der Waals surface area (Å²) in [5, 5.41) is 2.25. The Kier molecular flexibility index (Phi) is 3.78. The zero-order chi connectivity index (χ0) is 15.1. The summed E-state index contributed by atoms with van der Waals surface area (Å²) >= 11 is 12.1. The first-order valence-electron chi connectivity index (χ1n) is 6.76. The molecule has 1 aliphatic rings. The third-order valence-corrected chi connectivity index (χ3v) is 4.79. The maximum absolute atomic E-state index is 12.0. The highest BCUT2D eigenvalue weighted by Gasteiger charge is 2.28. The highest BCUT2D eigenvalue weighted by molar-refractivity contribution is 6.43. The van der Waals surface area contributed by atoms with Crippen LogP contribution in [0.25, 0.3) is 10.8 Å². The lowest BCUT2D eigenvalue weighted by molar-refractivity contribution is -0.104. The van der Waals surface area contributed by atoms with Gasteiger partial charge in [-0.25, -0.2) is 0 Å². The van der Waals surface area contributed by atoms with Gasteiger partial charge < -0.3 is 10.3 Å². The van der Waals surface area contributed by atoms with E-state index in [2.05, 4.69) is 0 Å². The van der Waals surface area contributed by atoms with Crippen LogP contribution in [0.5, 0.6) is 0 Å². The van der Waals surface area contributed by atoms with Crippen LogP contribution in [0, 0.1) is 0 Å². The quantitative estimate of drug-likeness (QED) is 0.534. The SMILES string of the molecule is NC1CCC(n2cc3cc(Cl)c(Cl)cc3c2C(=O)C=O)C1.